The molecule has 1 N–H and O–H groups in total. The molecule has 0 unspecified atom stereocenters. The van der Waals surface area contributed by atoms with Gasteiger partial charge in [-0.3, -0.25) is 13.9 Å². The minimum absolute atomic E-state index is 0.0833. The third kappa shape index (κ3) is 8.93. The second-order valence-corrected chi connectivity index (χ2v) is 12.8. The van der Waals surface area contributed by atoms with E-state index in [2.05, 4.69) is 21.2 Å². The van der Waals surface area contributed by atoms with Gasteiger partial charge in [-0.1, -0.05) is 84.4 Å². The summed E-state index contributed by atoms with van der Waals surface area (Å²) in [7, 11) is -3.79. The van der Waals surface area contributed by atoms with Gasteiger partial charge in [0.05, 0.1) is 11.9 Å². The molecule has 0 aliphatic heterocycles. The van der Waals surface area contributed by atoms with E-state index in [0.717, 1.165) is 44.6 Å². The Bertz CT molecular complexity index is 1360. The van der Waals surface area contributed by atoms with Crippen molar-refractivity contribution in [3.8, 4) is 0 Å². The first-order valence-electron chi connectivity index (χ1n) is 13.5. The lowest BCUT2D eigenvalue weighted by atomic mass is 10.0. The van der Waals surface area contributed by atoms with Crippen LogP contribution < -0.4 is 9.62 Å². The van der Waals surface area contributed by atoms with Crippen LogP contribution in [0.25, 0.3) is 0 Å². The summed E-state index contributed by atoms with van der Waals surface area (Å²) in [6, 6.07) is 23.3. The van der Waals surface area contributed by atoms with Crippen LogP contribution in [0, 0.1) is 0 Å². The van der Waals surface area contributed by atoms with Crippen molar-refractivity contribution < 1.29 is 18.0 Å². The second-order valence-electron chi connectivity index (χ2n) is 9.96. The predicted octanol–water partition coefficient (Wildman–Crippen LogP) is 5.33. The van der Waals surface area contributed by atoms with E-state index in [4.69, 9.17) is 0 Å². The zero-order valence-corrected chi connectivity index (χ0v) is 25.9. The highest BCUT2D eigenvalue weighted by molar-refractivity contribution is 9.10. The molecule has 0 aromatic heterocycles. The molecular weight excluding hydrogens is 590 g/mol. The number of carbonyl (C=O) groups excluding carboxylic acids is 2. The van der Waals surface area contributed by atoms with Crippen LogP contribution in [-0.4, -0.2) is 50.0 Å². The van der Waals surface area contributed by atoms with Gasteiger partial charge in [0.2, 0.25) is 21.8 Å². The van der Waals surface area contributed by atoms with Gasteiger partial charge in [-0.25, -0.2) is 8.42 Å². The zero-order valence-electron chi connectivity index (χ0n) is 23.5. The number of nitrogens with one attached hydrogen (secondary N) is 1. The Hall–Kier alpha value is -3.17. The van der Waals surface area contributed by atoms with Gasteiger partial charge in [0.25, 0.3) is 0 Å². The van der Waals surface area contributed by atoms with E-state index in [9.17, 15) is 18.0 Å². The van der Waals surface area contributed by atoms with Gasteiger partial charge in [0.15, 0.2) is 0 Å². The van der Waals surface area contributed by atoms with Crippen molar-refractivity contribution in [2.24, 2.45) is 0 Å². The predicted molar refractivity (Wildman–Crippen MR) is 165 cm³/mol. The molecule has 0 saturated heterocycles. The van der Waals surface area contributed by atoms with Crippen molar-refractivity contribution in [3.63, 3.8) is 0 Å². The van der Waals surface area contributed by atoms with Crippen LogP contribution >= 0.6 is 15.9 Å². The molecule has 9 heteroatoms. The van der Waals surface area contributed by atoms with E-state index >= 15 is 0 Å². The first kappa shape index (κ1) is 31.4. The third-order valence-corrected chi connectivity index (χ3v) is 8.52. The van der Waals surface area contributed by atoms with Crippen LogP contribution in [-0.2, 0) is 39.0 Å². The van der Waals surface area contributed by atoms with Crippen molar-refractivity contribution in [1.82, 2.24) is 10.2 Å². The molecular formula is C31H38BrN3O4S. The molecule has 0 radical (unpaired) electrons. The van der Waals surface area contributed by atoms with Crippen LogP contribution in [0.5, 0.6) is 0 Å². The SMILES string of the molecule is CCc1ccc(N(CC(=O)N(Cc2ccc(Br)cc2)[C@H](Cc2ccccc2)C(=O)N[C@H](C)CC)S(C)(=O)=O)cc1. The van der Waals surface area contributed by atoms with Crippen LogP contribution in [0.1, 0.15) is 43.9 Å². The lowest BCUT2D eigenvalue weighted by molar-refractivity contribution is -0.140. The van der Waals surface area contributed by atoms with E-state index in [1.807, 2.05) is 87.5 Å². The van der Waals surface area contributed by atoms with E-state index in [0.29, 0.717) is 5.69 Å². The normalized spacial score (nSPS) is 12.8. The average molecular weight is 629 g/mol. The molecule has 3 aromatic rings. The average Bonchev–Trinajstić information content (AvgIpc) is 2.94. The molecule has 2 amide bonds. The third-order valence-electron chi connectivity index (χ3n) is 6.85. The van der Waals surface area contributed by atoms with Crippen LogP contribution in [0.4, 0.5) is 5.69 Å². The monoisotopic (exact) mass is 627 g/mol. The minimum atomic E-state index is -3.79. The molecule has 214 valence electrons. The van der Waals surface area contributed by atoms with Gasteiger partial charge >= 0.3 is 0 Å². The number of nitrogens with zero attached hydrogens (tertiary/aromatic N) is 2. The fourth-order valence-corrected chi connectivity index (χ4v) is 5.41. The summed E-state index contributed by atoms with van der Waals surface area (Å²) in [5.74, 6) is -0.741. The molecule has 0 fully saturated rings. The lowest BCUT2D eigenvalue weighted by Gasteiger charge is -2.34. The van der Waals surface area contributed by atoms with E-state index < -0.39 is 28.5 Å². The Morgan fingerprint density at radius 2 is 1.48 bits per heavy atom. The first-order chi connectivity index (χ1) is 19.0. The van der Waals surface area contributed by atoms with Crippen molar-refractivity contribution in [2.45, 2.75) is 58.7 Å². The summed E-state index contributed by atoms with van der Waals surface area (Å²) in [5, 5.41) is 3.04. The fourth-order valence-electron chi connectivity index (χ4n) is 4.29. The minimum Gasteiger partial charge on any atom is -0.352 e. The number of halogens is 1. The van der Waals surface area contributed by atoms with Gasteiger partial charge in [-0.05, 0) is 60.7 Å². The Kier molecular flexibility index (Phi) is 11.3. The number of hydrogen-bond donors (Lipinski definition) is 1. The number of benzene rings is 3. The Labute approximate surface area is 246 Å². The molecule has 0 heterocycles. The fraction of sp³-hybridized carbons (Fsp3) is 0.355. The molecule has 0 spiro atoms. The van der Waals surface area contributed by atoms with Gasteiger partial charge in [-0.2, -0.15) is 0 Å². The van der Waals surface area contributed by atoms with Gasteiger partial charge in [0.1, 0.15) is 12.6 Å². The summed E-state index contributed by atoms with van der Waals surface area (Å²) >= 11 is 3.44. The Balaban J connectivity index is 2.04. The molecule has 3 aromatic carbocycles. The maximum Gasteiger partial charge on any atom is 0.244 e. The highest BCUT2D eigenvalue weighted by atomic mass is 79.9. The van der Waals surface area contributed by atoms with E-state index in [-0.39, 0.29) is 24.9 Å². The van der Waals surface area contributed by atoms with Gasteiger partial charge in [0, 0.05) is 23.5 Å². The molecule has 3 rings (SSSR count). The molecule has 40 heavy (non-hydrogen) atoms. The maximum absolute atomic E-state index is 14.1. The van der Waals surface area contributed by atoms with Crippen molar-refractivity contribution in [2.75, 3.05) is 17.1 Å². The molecule has 0 saturated carbocycles. The smallest absolute Gasteiger partial charge is 0.244 e. The van der Waals surface area contributed by atoms with Crippen molar-refractivity contribution in [3.05, 3.63) is 100 Å². The van der Waals surface area contributed by atoms with Crippen LogP contribution in [0.15, 0.2) is 83.3 Å². The molecule has 0 bridgehead atoms. The van der Waals surface area contributed by atoms with Crippen molar-refractivity contribution in [1.29, 1.82) is 0 Å². The number of rotatable bonds is 13. The molecule has 0 aliphatic rings. The highest BCUT2D eigenvalue weighted by Gasteiger charge is 2.33. The Morgan fingerprint density at radius 3 is 2.02 bits per heavy atom. The summed E-state index contributed by atoms with van der Waals surface area (Å²) in [6.07, 6.45) is 2.92. The number of anilines is 1. The molecule has 2 atom stereocenters. The van der Waals surface area contributed by atoms with Crippen LogP contribution in [0.2, 0.25) is 0 Å². The topological polar surface area (TPSA) is 86.8 Å². The number of aryl methyl sites for hydroxylation is 1. The number of sulfonamides is 1. The maximum atomic E-state index is 14.1. The second kappa shape index (κ2) is 14.5. The number of hydrogen-bond acceptors (Lipinski definition) is 4. The van der Waals surface area contributed by atoms with E-state index in [1.165, 1.54) is 4.90 Å². The van der Waals surface area contributed by atoms with Gasteiger partial charge in [-0.15, -0.1) is 0 Å². The standard InChI is InChI=1S/C31H38BrN3O4S/c1-5-23(3)33-31(37)29(20-25-10-8-7-9-11-25)34(21-26-12-16-27(32)17-13-26)30(36)22-35(40(4,38)39)28-18-14-24(6-2)15-19-28/h7-19,23,29H,5-6,20-22H2,1-4H3,(H,33,37)/t23-,29-/m1/s1. The van der Waals surface area contributed by atoms with Crippen molar-refractivity contribution >= 4 is 43.5 Å². The van der Waals surface area contributed by atoms with E-state index in [1.54, 1.807) is 12.1 Å². The quantitative estimate of drug-likeness (QED) is 0.277. The lowest BCUT2D eigenvalue weighted by Crippen LogP contribution is -2.54. The number of carbonyl (C=O) groups is 2. The summed E-state index contributed by atoms with van der Waals surface area (Å²) in [4.78, 5) is 29.3. The highest BCUT2D eigenvalue weighted by Crippen LogP contribution is 2.22. The largest absolute Gasteiger partial charge is 0.352 e. The van der Waals surface area contributed by atoms with Crippen LogP contribution in [0.3, 0.4) is 0 Å². The summed E-state index contributed by atoms with van der Waals surface area (Å²) < 4.78 is 27.8. The summed E-state index contributed by atoms with van der Waals surface area (Å²) in [6.45, 7) is 5.64. The zero-order chi connectivity index (χ0) is 29.3. The Morgan fingerprint density at radius 1 is 0.875 bits per heavy atom. The van der Waals surface area contributed by atoms with Gasteiger partial charge < -0.3 is 10.2 Å². The summed E-state index contributed by atoms with van der Waals surface area (Å²) in [5.41, 5.74) is 3.19. The number of amides is 2. The molecule has 0 aliphatic carbocycles. The first-order valence-corrected chi connectivity index (χ1v) is 16.1. The molecule has 7 nitrogen and oxygen atoms in total.